The van der Waals surface area contributed by atoms with E-state index in [1.54, 1.807) is 6.07 Å². The van der Waals surface area contributed by atoms with E-state index in [4.69, 9.17) is 4.74 Å². The number of rotatable bonds is 3. The number of thiophene rings is 1. The molecular weight excluding hydrogens is 277 g/mol. The highest BCUT2D eigenvalue weighted by Crippen LogP contribution is 2.47. The van der Waals surface area contributed by atoms with E-state index in [1.165, 1.54) is 42.1 Å². The van der Waals surface area contributed by atoms with Crippen LogP contribution >= 0.6 is 11.3 Å². The summed E-state index contributed by atoms with van der Waals surface area (Å²) in [5.41, 5.74) is -3.60. The lowest BCUT2D eigenvalue weighted by molar-refractivity contribution is -0.248. The third-order valence-electron chi connectivity index (χ3n) is 2.85. The summed E-state index contributed by atoms with van der Waals surface area (Å²) in [6, 6.07) is 6.83. The zero-order valence-electron chi connectivity index (χ0n) is 9.94. The molecule has 1 atom stereocenters. The molecule has 0 saturated heterocycles. The molecule has 0 fully saturated rings. The first-order valence-electron chi connectivity index (χ1n) is 5.36. The van der Waals surface area contributed by atoms with Gasteiger partial charge < -0.3 is 9.84 Å². The van der Waals surface area contributed by atoms with Gasteiger partial charge in [0, 0.05) is 11.1 Å². The van der Waals surface area contributed by atoms with Gasteiger partial charge in [-0.3, -0.25) is 0 Å². The second-order valence-corrected chi connectivity index (χ2v) is 4.70. The first kappa shape index (κ1) is 13.9. The van der Waals surface area contributed by atoms with Crippen LogP contribution in [-0.4, -0.2) is 18.4 Å². The topological polar surface area (TPSA) is 29.5 Å². The van der Waals surface area contributed by atoms with Gasteiger partial charge in [-0.2, -0.15) is 24.5 Å². The van der Waals surface area contributed by atoms with Crippen molar-refractivity contribution < 1.29 is 23.0 Å². The van der Waals surface area contributed by atoms with E-state index < -0.39 is 11.8 Å². The van der Waals surface area contributed by atoms with Crippen LogP contribution in [0.4, 0.5) is 13.2 Å². The van der Waals surface area contributed by atoms with Gasteiger partial charge in [0.1, 0.15) is 5.75 Å². The average Bonchev–Trinajstić information content (AvgIpc) is 2.90. The number of halogens is 3. The van der Waals surface area contributed by atoms with Gasteiger partial charge in [0.05, 0.1) is 7.11 Å². The van der Waals surface area contributed by atoms with E-state index in [9.17, 15) is 18.3 Å². The zero-order chi connectivity index (χ0) is 14.1. The summed E-state index contributed by atoms with van der Waals surface area (Å²) >= 11 is 1.09. The molecular formula is C13H11F3O2S. The first-order valence-corrected chi connectivity index (χ1v) is 6.31. The molecule has 2 nitrogen and oxygen atoms in total. The Bertz CT molecular complexity index is 551. The maximum Gasteiger partial charge on any atom is 0.425 e. The molecule has 1 aromatic heterocycles. The number of hydrogen-bond donors (Lipinski definition) is 1. The Balaban J connectivity index is 2.69. The zero-order valence-corrected chi connectivity index (χ0v) is 10.8. The molecule has 2 aromatic rings. The maximum atomic E-state index is 13.4. The SMILES string of the molecule is COc1ccccc1C(O)(c1ccsc1)C(F)(F)F. The number of alkyl halides is 3. The van der Waals surface area contributed by atoms with Crippen molar-refractivity contribution in [3.05, 3.63) is 52.2 Å². The molecule has 1 N–H and O–H groups in total. The molecule has 0 amide bonds. The highest BCUT2D eigenvalue weighted by Gasteiger charge is 2.57. The number of aliphatic hydroxyl groups is 1. The Kier molecular flexibility index (Phi) is 3.56. The first-order chi connectivity index (χ1) is 8.91. The van der Waals surface area contributed by atoms with Crippen LogP contribution in [0.3, 0.4) is 0 Å². The van der Waals surface area contributed by atoms with Gasteiger partial charge >= 0.3 is 6.18 Å². The fourth-order valence-electron chi connectivity index (χ4n) is 1.89. The molecule has 0 aliphatic rings. The summed E-state index contributed by atoms with van der Waals surface area (Å²) in [4.78, 5) is 0. The van der Waals surface area contributed by atoms with Crippen molar-refractivity contribution in [2.24, 2.45) is 0 Å². The van der Waals surface area contributed by atoms with Crippen molar-refractivity contribution in [2.45, 2.75) is 11.8 Å². The summed E-state index contributed by atoms with van der Waals surface area (Å²) in [5.74, 6) is -0.00600. The molecule has 1 aromatic carbocycles. The molecule has 0 aliphatic carbocycles. The molecule has 0 saturated carbocycles. The third kappa shape index (κ3) is 2.21. The molecule has 0 aliphatic heterocycles. The van der Waals surface area contributed by atoms with Crippen LogP contribution in [0.1, 0.15) is 11.1 Å². The highest BCUT2D eigenvalue weighted by molar-refractivity contribution is 7.08. The van der Waals surface area contributed by atoms with Crippen molar-refractivity contribution in [1.29, 1.82) is 0 Å². The molecule has 1 unspecified atom stereocenters. The Morgan fingerprint density at radius 3 is 2.37 bits per heavy atom. The van der Waals surface area contributed by atoms with Crippen LogP contribution in [-0.2, 0) is 5.60 Å². The number of hydrogen-bond acceptors (Lipinski definition) is 3. The van der Waals surface area contributed by atoms with E-state index in [-0.39, 0.29) is 16.9 Å². The van der Waals surface area contributed by atoms with E-state index >= 15 is 0 Å². The fourth-order valence-corrected chi connectivity index (χ4v) is 2.59. The van der Waals surface area contributed by atoms with Crippen molar-refractivity contribution >= 4 is 11.3 Å². The van der Waals surface area contributed by atoms with E-state index in [1.807, 2.05) is 0 Å². The molecule has 0 spiro atoms. The number of methoxy groups -OCH3 is 1. The van der Waals surface area contributed by atoms with Crippen LogP contribution in [0.5, 0.6) is 5.75 Å². The van der Waals surface area contributed by atoms with E-state index in [0.717, 1.165) is 11.3 Å². The summed E-state index contributed by atoms with van der Waals surface area (Å²) < 4.78 is 45.0. The van der Waals surface area contributed by atoms with Crippen LogP contribution in [0.25, 0.3) is 0 Å². The number of para-hydroxylation sites is 1. The van der Waals surface area contributed by atoms with Crippen molar-refractivity contribution in [3.63, 3.8) is 0 Å². The normalized spacial score (nSPS) is 15.0. The fraction of sp³-hybridized carbons (Fsp3) is 0.231. The quantitative estimate of drug-likeness (QED) is 0.936. The van der Waals surface area contributed by atoms with Gasteiger partial charge in [-0.05, 0) is 22.9 Å². The van der Waals surface area contributed by atoms with Gasteiger partial charge in [0.15, 0.2) is 0 Å². The van der Waals surface area contributed by atoms with Gasteiger partial charge in [0.2, 0.25) is 5.60 Å². The minimum Gasteiger partial charge on any atom is -0.496 e. The average molecular weight is 288 g/mol. The summed E-state index contributed by atoms with van der Waals surface area (Å²) in [6.45, 7) is 0. The Labute approximate surface area is 112 Å². The van der Waals surface area contributed by atoms with Crippen LogP contribution in [0.15, 0.2) is 41.1 Å². The molecule has 19 heavy (non-hydrogen) atoms. The molecule has 0 bridgehead atoms. The molecule has 0 radical (unpaired) electrons. The standard InChI is InChI=1S/C13H11F3O2S/c1-18-11-5-3-2-4-10(11)12(17,13(14,15)16)9-6-7-19-8-9/h2-8,17H,1H3. The van der Waals surface area contributed by atoms with Gasteiger partial charge in [-0.25, -0.2) is 0 Å². The lowest BCUT2D eigenvalue weighted by Crippen LogP contribution is -2.43. The predicted octanol–water partition coefficient (Wildman–Crippen LogP) is 3.55. The van der Waals surface area contributed by atoms with Gasteiger partial charge in [-0.1, -0.05) is 18.2 Å². The smallest absolute Gasteiger partial charge is 0.425 e. The second-order valence-electron chi connectivity index (χ2n) is 3.92. The molecule has 102 valence electrons. The summed E-state index contributed by atoms with van der Waals surface area (Å²) in [7, 11) is 1.27. The second kappa shape index (κ2) is 4.86. The number of benzene rings is 1. The Hall–Kier alpha value is -1.53. The monoisotopic (exact) mass is 288 g/mol. The molecule has 2 rings (SSSR count). The minimum absolute atomic E-state index is 0.00600. The molecule has 6 heteroatoms. The lowest BCUT2D eigenvalue weighted by Gasteiger charge is -2.31. The summed E-state index contributed by atoms with van der Waals surface area (Å²) in [5, 5.41) is 13.1. The van der Waals surface area contributed by atoms with E-state index in [0.29, 0.717) is 0 Å². The van der Waals surface area contributed by atoms with Crippen molar-refractivity contribution in [2.75, 3.05) is 7.11 Å². The number of ether oxygens (including phenoxy) is 1. The van der Waals surface area contributed by atoms with E-state index in [2.05, 4.69) is 0 Å². The minimum atomic E-state index is -4.84. The highest BCUT2D eigenvalue weighted by atomic mass is 32.1. The van der Waals surface area contributed by atoms with Crippen LogP contribution in [0, 0.1) is 0 Å². The van der Waals surface area contributed by atoms with Gasteiger partial charge in [-0.15, -0.1) is 0 Å². The van der Waals surface area contributed by atoms with Gasteiger partial charge in [0.25, 0.3) is 0 Å². The van der Waals surface area contributed by atoms with Crippen molar-refractivity contribution in [3.8, 4) is 5.75 Å². The Morgan fingerprint density at radius 1 is 1.16 bits per heavy atom. The Morgan fingerprint density at radius 2 is 1.84 bits per heavy atom. The predicted molar refractivity (Wildman–Crippen MR) is 66.4 cm³/mol. The lowest BCUT2D eigenvalue weighted by atomic mass is 9.86. The summed E-state index contributed by atoms with van der Waals surface area (Å²) in [6.07, 6.45) is -4.84. The third-order valence-corrected chi connectivity index (χ3v) is 3.53. The van der Waals surface area contributed by atoms with Crippen molar-refractivity contribution in [1.82, 2.24) is 0 Å². The van der Waals surface area contributed by atoms with Crippen LogP contribution in [0.2, 0.25) is 0 Å². The van der Waals surface area contributed by atoms with Crippen LogP contribution < -0.4 is 4.74 Å². The molecule has 1 heterocycles. The maximum absolute atomic E-state index is 13.4. The largest absolute Gasteiger partial charge is 0.496 e.